The number of fused-ring (bicyclic) bond motifs is 1. The fourth-order valence-electron chi connectivity index (χ4n) is 2.99. The lowest BCUT2D eigenvalue weighted by atomic mass is 10.1. The van der Waals surface area contributed by atoms with E-state index in [1.54, 1.807) is 19.1 Å². The molecule has 0 spiro atoms. The van der Waals surface area contributed by atoms with Crippen LogP contribution in [-0.4, -0.2) is 5.16 Å². The Balaban J connectivity index is 1.89. The molecule has 0 aliphatic heterocycles. The zero-order valence-corrected chi connectivity index (χ0v) is 15.6. The first kappa shape index (κ1) is 17.1. The molecular weight excluding hydrogens is 346 g/mol. The molecule has 0 saturated carbocycles. The maximum atomic E-state index is 13.2. The van der Waals surface area contributed by atoms with Crippen LogP contribution in [0.15, 0.2) is 48.7 Å². The monoisotopic (exact) mass is 365 g/mol. The fraction of sp³-hybridized carbons (Fsp3) is 0.238. The molecule has 3 heterocycles. The molecular formula is C21H19NO5. The third-order valence-electron chi connectivity index (χ3n) is 4.75. The Labute approximate surface area is 155 Å². The topological polar surface area (TPSA) is 78.6 Å². The average Bonchev–Trinajstić information content (AvgIpc) is 3.27. The summed E-state index contributed by atoms with van der Waals surface area (Å²) in [6.07, 6.45) is 1.53. The van der Waals surface area contributed by atoms with E-state index in [4.69, 9.17) is 18.1 Å². The van der Waals surface area contributed by atoms with Crippen molar-refractivity contribution >= 4 is 11.0 Å². The largest absolute Gasteiger partial charge is 0.481 e. The summed E-state index contributed by atoms with van der Waals surface area (Å²) in [4.78, 5) is 13.2. The molecule has 0 radical (unpaired) electrons. The molecule has 0 N–H and O–H groups in total. The molecule has 0 amide bonds. The first-order valence-corrected chi connectivity index (χ1v) is 8.62. The third kappa shape index (κ3) is 2.93. The van der Waals surface area contributed by atoms with Gasteiger partial charge in [0.2, 0.25) is 16.9 Å². The van der Waals surface area contributed by atoms with Crippen LogP contribution in [-0.2, 0) is 6.61 Å². The number of rotatable bonds is 4. The lowest BCUT2D eigenvalue weighted by Gasteiger charge is -2.11. The van der Waals surface area contributed by atoms with Crippen molar-refractivity contribution in [2.75, 3.05) is 0 Å². The van der Waals surface area contributed by atoms with Gasteiger partial charge in [0.15, 0.2) is 5.76 Å². The van der Waals surface area contributed by atoms with Crippen molar-refractivity contribution in [3.8, 4) is 17.3 Å². The van der Waals surface area contributed by atoms with Gasteiger partial charge in [-0.15, -0.1) is 0 Å². The zero-order valence-electron chi connectivity index (χ0n) is 15.6. The van der Waals surface area contributed by atoms with Crippen LogP contribution < -0.4 is 10.2 Å². The SMILES string of the molecule is Cc1cc2oc(-c3ccco3)c(OCc3c(C)noc3C)c(=O)c2cc1C. The summed E-state index contributed by atoms with van der Waals surface area (Å²) in [5, 5.41) is 4.39. The molecule has 27 heavy (non-hydrogen) atoms. The minimum Gasteiger partial charge on any atom is -0.481 e. The lowest BCUT2D eigenvalue weighted by molar-refractivity contribution is 0.292. The number of hydrogen-bond donors (Lipinski definition) is 0. The van der Waals surface area contributed by atoms with Crippen molar-refractivity contribution in [3.63, 3.8) is 0 Å². The predicted octanol–water partition coefficient (Wildman–Crippen LogP) is 4.85. The molecule has 4 aromatic rings. The number of furan rings is 1. The van der Waals surface area contributed by atoms with Gasteiger partial charge in [0.05, 0.1) is 22.9 Å². The molecule has 0 bridgehead atoms. The summed E-state index contributed by atoms with van der Waals surface area (Å²) < 4.78 is 22.6. The highest BCUT2D eigenvalue weighted by Gasteiger charge is 2.21. The molecule has 0 aliphatic rings. The number of ether oxygens (including phenoxy) is 1. The molecule has 0 aliphatic carbocycles. The van der Waals surface area contributed by atoms with Gasteiger partial charge in [-0.3, -0.25) is 4.79 Å². The Kier molecular flexibility index (Phi) is 4.11. The van der Waals surface area contributed by atoms with E-state index < -0.39 is 0 Å². The molecule has 0 saturated heterocycles. The van der Waals surface area contributed by atoms with Gasteiger partial charge in [0.25, 0.3) is 0 Å². The summed E-state index contributed by atoms with van der Waals surface area (Å²) in [5.41, 5.74) is 3.85. The molecule has 6 nitrogen and oxygen atoms in total. The fourth-order valence-corrected chi connectivity index (χ4v) is 2.99. The highest BCUT2D eigenvalue weighted by molar-refractivity contribution is 5.82. The summed E-state index contributed by atoms with van der Waals surface area (Å²) in [6, 6.07) is 7.15. The van der Waals surface area contributed by atoms with Gasteiger partial charge < -0.3 is 18.1 Å². The molecule has 1 aromatic carbocycles. The second kappa shape index (κ2) is 6.46. The first-order valence-electron chi connectivity index (χ1n) is 8.62. The van der Waals surface area contributed by atoms with E-state index in [0.29, 0.717) is 22.5 Å². The maximum absolute atomic E-state index is 13.2. The Hall–Kier alpha value is -3.28. The van der Waals surface area contributed by atoms with Gasteiger partial charge >= 0.3 is 0 Å². The maximum Gasteiger partial charge on any atom is 0.235 e. The summed E-state index contributed by atoms with van der Waals surface area (Å²) >= 11 is 0. The van der Waals surface area contributed by atoms with Crippen LogP contribution in [0.25, 0.3) is 22.5 Å². The van der Waals surface area contributed by atoms with E-state index in [9.17, 15) is 4.79 Å². The van der Waals surface area contributed by atoms with E-state index in [-0.39, 0.29) is 23.5 Å². The van der Waals surface area contributed by atoms with Crippen LogP contribution in [0.1, 0.15) is 28.1 Å². The highest BCUT2D eigenvalue weighted by atomic mass is 16.5. The minimum atomic E-state index is -0.238. The molecule has 4 rings (SSSR count). The predicted molar refractivity (Wildman–Crippen MR) is 100.0 cm³/mol. The summed E-state index contributed by atoms with van der Waals surface area (Å²) in [5.74, 6) is 1.47. The van der Waals surface area contributed by atoms with Crippen molar-refractivity contribution in [1.82, 2.24) is 5.16 Å². The van der Waals surface area contributed by atoms with Crippen molar-refractivity contribution in [2.24, 2.45) is 0 Å². The van der Waals surface area contributed by atoms with E-state index in [2.05, 4.69) is 5.16 Å². The van der Waals surface area contributed by atoms with E-state index in [0.717, 1.165) is 22.4 Å². The van der Waals surface area contributed by atoms with Crippen molar-refractivity contribution in [3.05, 3.63) is 68.9 Å². The normalized spacial score (nSPS) is 11.3. The van der Waals surface area contributed by atoms with Crippen LogP contribution in [0.3, 0.4) is 0 Å². The quantitative estimate of drug-likeness (QED) is 0.514. The van der Waals surface area contributed by atoms with Crippen molar-refractivity contribution in [1.29, 1.82) is 0 Å². The van der Waals surface area contributed by atoms with E-state index >= 15 is 0 Å². The second-order valence-electron chi connectivity index (χ2n) is 6.59. The van der Waals surface area contributed by atoms with Crippen LogP contribution >= 0.6 is 0 Å². The molecule has 3 aromatic heterocycles. The van der Waals surface area contributed by atoms with E-state index in [1.807, 2.05) is 32.9 Å². The minimum absolute atomic E-state index is 0.112. The van der Waals surface area contributed by atoms with Crippen molar-refractivity contribution in [2.45, 2.75) is 34.3 Å². The number of hydrogen-bond acceptors (Lipinski definition) is 6. The van der Waals surface area contributed by atoms with E-state index in [1.165, 1.54) is 6.26 Å². The Morgan fingerprint density at radius 2 is 1.89 bits per heavy atom. The highest BCUT2D eigenvalue weighted by Crippen LogP contribution is 2.32. The molecule has 6 heteroatoms. The van der Waals surface area contributed by atoms with Gasteiger partial charge in [-0.05, 0) is 63.1 Å². The van der Waals surface area contributed by atoms with Gasteiger partial charge in [-0.25, -0.2) is 0 Å². The molecule has 138 valence electrons. The number of aryl methyl sites for hydroxylation is 4. The molecule has 0 unspecified atom stereocenters. The third-order valence-corrected chi connectivity index (χ3v) is 4.75. The smallest absolute Gasteiger partial charge is 0.235 e. The first-order chi connectivity index (χ1) is 13.0. The number of nitrogens with zero attached hydrogens (tertiary/aromatic N) is 1. The van der Waals surface area contributed by atoms with Crippen molar-refractivity contribution < 1.29 is 18.1 Å². The number of aromatic nitrogens is 1. The Morgan fingerprint density at radius 1 is 1.11 bits per heavy atom. The van der Waals surface area contributed by atoms with Crippen LogP contribution in [0.4, 0.5) is 0 Å². The van der Waals surface area contributed by atoms with Crippen LogP contribution in [0, 0.1) is 27.7 Å². The van der Waals surface area contributed by atoms with Crippen LogP contribution in [0.5, 0.6) is 5.75 Å². The Bertz CT molecular complexity index is 1160. The molecule has 0 atom stereocenters. The molecule has 0 fully saturated rings. The van der Waals surface area contributed by atoms with Crippen LogP contribution in [0.2, 0.25) is 0 Å². The number of benzene rings is 1. The standard InChI is InChI=1S/C21H19NO5/c1-11-8-15-18(9-12(11)2)26-20(17-6-5-7-24-17)21(19(15)23)25-10-16-13(3)22-27-14(16)4/h5-9H,10H2,1-4H3. The lowest BCUT2D eigenvalue weighted by Crippen LogP contribution is -2.11. The van der Waals surface area contributed by atoms with Gasteiger partial charge in [-0.2, -0.15) is 0 Å². The van der Waals surface area contributed by atoms with Gasteiger partial charge in [0.1, 0.15) is 18.0 Å². The van der Waals surface area contributed by atoms with Gasteiger partial charge in [-0.1, -0.05) is 5.16 Å². The summed E-state index contributed by atoms with van der Waals surface area (Å²) in [7, 11) is 0. The Morgan fingerprint density at radius 3 is 2.56 bits per heavy atom. The zero-order chi connectivity index (χ0) is 19.1. The second-order valence-corrected chi connectivity index (χ2v) is 6.59. The average molecular weight is 365 g/mol. The van der Waals surface area contributed by atoms with Gasteiger partial charge in [0, 0.05) is 0 Å². The summed E-state index contributed by atoms with van der Waals surface area (Å²) in [6.45, 7) is 7.72.